The van der Waals surface area contributed by atoms with Gasteiger partial charge in [0.1, 0.15) is 0 Å². The first-order valence-electron chi connectivity index (χ1n) is 7.84. The second-order valence-electron chi connectivity index (χ2n) is 5.68. The molecule has 0 unspecified atom stereocenters. The van der Waals surface area contributed by atoms with E-state index in [-0.39, 0.29) is 10.6 Å². The van der Waals surface area contributed by atoms with Crippen LogP contribution in [0, 0.1) is 17.0 Å². The Labute approximate surface area is 157 Å². The topological polar surface area (TPSA) is 68.9 Å². The fraction of sp³-hybridized carbons (Fsp3) is 0.0526. The Morgan fingerprint density at radius 2 is 2.00 bits per heavy atom. The molecule has 5 nitrogen and oxygen atoms in total. The summed E-state index contributed by atoms with van der Waals surface area (Å²) >= 11 is 2.99. The second-order valence-corrected chi connectivity index (χ2v) is 7.83. The Morgan fingerprint density at radius 3 is 2.85 bits per heavy atom. The van der Waals surface area contributed by atoms with Gasteiger partial charge in [-0.3, -0.25) is 15.1 Å². The number of pyridine rings is 1. The zero-order valence-electron chi connectivity index (χ0n) is 13.7. The summed E-state index contributed by atoms with van der Waals surface area (Å²) < 4.78 is 0.851. The van der Waals surface area contributed by atoms with Gasteiger partial charge in [0, 0.05) is 39.6 Å². The highest BCUT2D eigenvalue weighted by molar-refractivity contribution is 8.01. The molecular formula is C19H13N3O2S2. The van der Waals surface area contributed by atoms with E-state index in [4.69, 9.17) is 4.98 Å². The van der Waals surface area contributed by atoms with Gasteiger partial charge in [-0.2, -0.15) is 0 Å². The first-order chi connectivity index (χ1) is 12.6. The predicted molar refractivity (Wildman–Crippen MR) is 105 cm³/mol. The van der Waals surface area contributed by atoms with Crippen LogP contribution in [0.5, 0.6) is 0 Å². The van der Waals surface area contributed by atoms with Crippen molar-refractivity contribution in [2.24, 2.45) is 0 Å². The number of non-ortho nitro benzene ring substituents is 1. The smallest absolute Gasteiger partial charge is 0.258 e. The molecule has 2 aromatic heterocycles. The fourth-order valence-electron chi connectivity index (χ4n) is 2.65. The summed E-state index contributed by atoms with van der Waals surface area (Å²) in [5.74, 6) is 0. The first-order valence-corrected chi connectivity index (χ1v) is 9.54. The third kappa shape index (κ3) is 3.18. The van der Waals surface area contributed by atoms with E-state index in [0.717, 1.165) is 37.0 Å². The molecule has 0 radical (unpaired) electrons. The lowest BCUT2D eigenvalue weighted by Crippen LogP contribution is -1.89. The number of fused-ring (bicyclic) bond motifs is 1. The molecule has 0 spiro atoms. The van der Waals surface area contributed by atoms with Gasteiger partial charge in [0.15, 0.2) is 4.34 Å². The van der Waals surface area contributed by atoms with Gasteiger partial charge in [0.05, 0.1) is 16.1 Å². The Hall–Kier alpha value is -2.77. The number of nitrogens with zero attached hydrogens (tertiary/aromatic N) is 3. The maximum atomic E-state index is 11.0. The molecule has 0 aliphatic rings. The van der Waals surface area contributed by atoms with Gasteiger partial charge >= 0.3 is 0 Å². The molecule has 0 bridgehead atoms. The van der Waals surface area contributed by atoms with Crippen LogP contribution in [0.2, 0.25) is 0 Å². The number of hydrogen-bond donors (Lipinski definition) is 0. The fourth-order valence-corrected chi connectivity index (χ4v) is 4.54. The van der Waals surface area contributed by atoms with Gasteiger partial charge in [0.25, 0.3) is 5.69 Å². The Morgan fingerprint density at radius 1 is 1.15 bits per heavy atom. The van der Waals surface area contributed by atoms with E-state index in [1.54, 1.807) is 18.3 Å². The van der Waals surface area contributed by atoms with Crippen LogP contribution >= 0.6 is 23.1 Å². The Kier molecular flexibility index (Phi) is 4.40. The number of rotatable bonds is 4. The Bertz CT molecular complexity index is 1120. The number of aryl methyl sites for hydroxylation is 1. The molecular weight excluding hydrogens is 366 g/mol. The summed E-state index contributed by atoms with van der Waals surface area (Å²) in [6.45, 7) is 1.94. The number of para-hydroxylation sites is 1. The van der Waals surface area contributed by atoms with Crippen molar-refractivity contribution in [2.45, 2.75) is 16.2 Å². The number of aromatic nitrogens is 2. The van der Waals surface area contributed by atoms with Crippen molar-refractivity contribution in [1.29, 1.82) is 0 Å². The van der Waals surface area contributed by atoms with Crippen LogP contribution in [0.1, 0.15) is 5.56 Å². The highest BCUT2D eigenvalue weighted by Crippen LogP contribution is 2.37. The van der Waals surface area contributed by atoms with E-state index in [0.29, 0.717) is 0 Å². The van der Waals surface area contributed by atoms with Gasteiger partial charge < -0.3 is 0 Å². The van der Waals surface area contributed by atoms with E-state index in [1.807, 2.05) is 42.6 Å². The molecule has 0 saturated carbocycles. The third-order valence-electron chi connectivity index (χ3n) is 3.99. The lowest BCUT2D eigenvalue weighted by atomic mass is 10.1. The summed E-state index contributed by atoms with van der Waals surface area (Å²) in [5, 5.41) is 14.1. The molecule has 0 aliphatic heterocycles. The molecule has 0 fully saturated rings. The maximum Gasteiger partial charge on any atom is 0.270 e. The van der Waals surface area contributed by atoms with Gasteiger partial charge in [-0.1, -0.05) is 36.0 Å². The van der Waals surface area contributed by atoms with E-state index in [1.165, 1.54) is 29.2 Å². The van der Waals surface area contributed by atoms with E-state index >= 15 is 0 Å². The van der Waals surface area contributed by atoms with Crippen LogP contribution in [0.4, 0.5) is 5.69 Å². The monoisotopic (exact) mass is 379 g/mol. The van der Waals surface area contributed by atoms with E-state index < -0.39 is 0 Å². The van der Waals surface area contributed by atoms with Crippen LogP contribution in [-0.2, 0) is 0 Å². The van der Waals surface area contributed by atoms with Crippen molar-refractivity contribution in [3.63, 3.8) is 0 Å². The van der Waals surface area contributed by atoms with Crippen molar-refractivity contribution in [3.8, 4) is 11.3 Å². The highest BCUT2D eigenvalue weighted by atomic mass is 32.2. The number of thiazole rings is 1. The summed E-state index contributed by atoms with van der Waals surface area (Å²) in [5.41, 5.74) is 3.94. The third-order valence-corrected chi connectivity index (χ3v) is 6.09. The zero-order valence-corrected chi connectivity index (χ0v) is 15.4. The number of hydrogen-bond acceptors (Lipinski definition) is 6. The number of nitro groups is 1. The minimum Gasteiger partial charge on any atom is -0.258 e. The summed E-state index contributed by atoms with van der Waals surface area (Å²) in [6.07, 6.45) is 1.79. The number of nitro benzene ring substituents is 1. The van der Waals surface area contributed by atoms with Gasteiger partial charge in [-0.15, -0.1) is 11.3 Å². The average Bonchev–Trinajstić information content (AvgIpc) is 3.11. The predicted octanol–water partition coefficient (Wildman–Crippen LogP) is 5.73. The van der Waals surface area contributed by atoms with Crippen LogP contribution < -0.4 is 0 Å². The number of benzene rings is 2. The molecule has 2 heterocycles. The van der Waals surface area contributed by atoms with Gasteiger partial charge in [0.2, 0.25) is 0 Å². The largest absolute Gasteiger partial charge is 0.270 e. The molecule has 4 rings (SSSR count). The van der Waals surface area contributed by atoms with Crippen LogP contribution in [0.15, 0.2) is 69.3 Å². The lowest BCUT2D eigenvalue weighted by Gasteiger charge is -2.04. The first kappa shape index (κ1) is 16.7. The van der Waals surface area contributed by atoms with E-state index in [9.17, 15) is 10.1 Å². The molecule has 0 saturated heterocycles. The molecule has 0 aliphatic carbocycles. The molecule has 2 aromatic carbocycles. The van der Waals surface area contributed by atoms with Crippen molar-refractivity contribution in [3.05, 3.63) is 75.8 Å². The van der Waals surface area contributed by atoms with Gasteiger partial charge in [-0.05, 0) is 24.6 Å². The summed E-state index contributed by atoms with van der Waals surface area (Å²) in [7, 11) is 0. The lowest BCUT2D eigenvalue weighted by molar-refractivity contribution is -0.385. The van der Waals surface area contributed by atoms with Crippen LogP contribution in [0.3, 0.4) is 0 Å². The minimum absolute atomic E-state index is 0.0926. The quantitative estimate of drug-likeness (QED) is 0.335. The molecule has 0 N–H and O–H groups in total. The SMILES string of the molecule is Cc1ccc([N+](=O)[O-])cc1Sc1nc(-c2ccnc3ccccc23)cs1. The van der Waals surface area contributed by atoms with Crippen LogP contribution in [-0.4, -0.2) is 14.9 Å². The zero-order chi connectivity index (χ0) is 18.1. The molecule has 26 heavy (non-hydrogen) atoms. The normalized spacial score (nSPS) is 11.0. The van der Waals surface area contributed by atoms with Crippen molar-refractivity contribution in [1.82, 2.24) is 9.97 Å². The average molecular weight is 379 g/mol. The summed E-state index contributed by atoms with van der Waals surface area (Å²) in [4.78, 5) is 20.6. The van der Waals surface area contributed by atoms with E-state index in [2.05, 4.69) is 4.98 Å². The second kappa shape index (κ2) is 6.86. The van der Waals surface area contributed by atoms with Crippen molar-refractivity contribution >= 4 is 39.7 Å². The summed E-state index contributed by atoms with van der Waals surface area (Å²) in [6, 6.07) is 14.8. The molecule has 0 atom stereocenters. The minimum atomic E-state index is -0.375. The molecule has 7 heteroatoms. The maximum absolute atomic E-state index is 11.0. The molecule has 128 valence electrons. The van der Waals surface area contributed by atoms with Gasteiger partial charge in [-0.25, -0.2) is 4.98 Å². The Balaban J connectivity index is 1.69. The standard InChI is InChI=1S/C19H13N3O2S2/c1-12-6-7-13(22(23)24)10-18(12)26-19-21-17(11-25-19)15-8-9-20-16-5-3-2-4-14(15)16/h2-11H,1H3. The van der Waals surface area contributed by atoms with Crippen LogP contribution in [0.25, 0.3) is 22.2 Å². The highest BCUT2D eigenvalue weighted by Gasteiger charge is 2.13. The molecule has 4 aromatic rings. The van der Waals surface area contributed by atoms with Crippen molar-refractivity contribution in [2.75, 3.05) is 0 Å². The van der Waals surface area contributed by atoms with Crippen molar-refractivity contribution < 1.29 is 4.92 Å². The molecule has 0 amide bonds.